The Morgan fingerprint density at radius 2 is 2.44 bits per heavy atom. The van der Waals surface area contributed by atoms with Crippen molar-refractivity contribution >= 4 is 6.09 Å². The third kappa shape index (κ3) is 4.67. The summed E-state index contributed by atoms with van der Waals surface area (Å²) in [5.41, 5.74) is 0. The number of nitrogens with zero attached hydrogens (tertiary/aromatic N) is 1. The van der Waals surface area contributed by atoms with Crippen LogP contribution in [0.4, 0.5) is 9.18 Å². The number of halogens is 1. The molecule has 0 spiro atoms. The summed E-state index contributed by atoms with van der Waals surface area (Å²) in [6.07, 6.45) is 4.43. The summed E-state index contributed by atoms with van der Waals surface area (Å²) < 4.78 is 18.9. The van der Waals surface area contributed by atoms with Crippen molar-refractivity contribution in [2.75, 3.05) is 19.7 Å². The van der Waals surface area contributed by atoms with Crippen LogP contribution in [-0.4, -0.2) is 36.9 Å². The molecule has 0 radical (unpaired) electrons. The average molecular weight is 257 g/mol. The summed E-state index contributed by atoms with van der Waals surface area (Å²) in [5, 5.41) is 0. The second kappa shape index (κ2) is 8.11. The minimum absolute atomic E-state index is 0.0383. The zero-order chi connectivity index (χ0) is 13.4. The fraction of sp³-hybridized carbons (Fsp3) is 0.786. The molecule has 4 heteroatoms. The van der Waals surface area contributed by atoms with Crippen LogP contribution < -0.4 is 0 Å². The second-order valence-electron chi connectivity index (χ2n) is 4.84. The van der Waals surface area contributed by atoms with Gasteiger partial charge >= 0.3 is 6.09 Å². The fourth-order valence-corrected chi connectivity index (χ4v) is 2.16. The Labute approximate surface area is 109 Å². The Kier molecular flexibility index (Phi) is 6.76. The predicted octanol–water partition coefficient (Wildman–Crippen LogP) is 3.55. The molecule has 3 nitrogen and oxygen atoms in total. The summed E-state index contributed by atoms with van der Waals surface area (Å²) in [4.78, 5) is 13.3. The fourth-order valence-electron chi connectivity index (χ4n) is 2.16. The van der Waals surface area contributed by atoms with Gasteiger partial charge in [0.05, 0.1) is 6.61 Å². The first kappa shape index (κ1) is 15.0. The van der Waals surface area contributed by atoms with Crippen LogP contribution in [0.15, 0.2) is 12.7 Å². The average Bonchev–Trinajstić information content (AvgIpc) is 2.85. The Balaban J connectivity index is 2.27. The molecule has 2 unspecified atom stereocenters. The SMILES string of the molecule is C=CCCC(F)C1CCN(C(=O)OCCCC)C1. The van der Waals surface area contributed by atoms with E-state index in [1.807, 2.05) is 6.92 Å². The number of alkyl halides is 1. The van der Waals surface area contributed by atoms with Crippen LogP contribution in [0.3, 0.4) is 0 Å². The van der Waals surface area contributed by atoms with Gasteiger partial charge in [-0.2, -0.15) is 0 Å². The maximum Gasteiger partial charge on any atom is 0.409 e. The number of unbranched alkanes of at least 4 members (excludes halogenated alkanes) is 1. The highest BCUT2D eigenvalue weighted by Crippen LogP contribution is 2.25. The van der Waals surface area contributed by atoms with Crippen LogP contribution in [-0.2, 0) is 4.74 Å². The van der Waals surface area contributed by atoms with Gasteiger partial charge < -0.3 is 9.64 Å². The van der Waals surface area contributed by atoms with Gasteiger partial charge in [0.1, 0.15) is 6.17 Å². The van der Waals surface area contributed by atoms with Crippen LogP contribution in [0, 0.1) is 5.92 Å². The molecule has 2 atom stereocenters. The van der Waals surface area contributed by atoms with E-state index in [1.165, 1.54) is 0 Å². The lowest BCUT2D eigenvalue weighted by Gasteiger charge is -2.18. The maximum absolute atomic E-state index is 13.8. The highest BCUT2D eigenvalue weighted by atomic mass is 19.1. The van der Waals surface area contributed by atoms with E-state index in [1.54, 1.807) is 11.0 Å². The van der Waals surface area contributed by atoms with E-state index in [0.29, 0.717) is 32.5 Å². The first-order valence-electron chi connectivity index (χ1n) is 6.85. The van der Waals surface area contributed by atoms with Gasteiger partial charge in [-0.1, -0.05) is 19.4 Å². The summed E-state index contributed by atoms with van der Waals surface area (Å²) >= 11 is 0. The molecule has 0 saturated carbocycles. The van der Waals surface area contributed by atoms with Crippen LogP contribution >= 0.6 is 0 Å². The number of hydrogen-bond acceptors (Lipinski definition) is 2. The molecule has 0 aromatic carbocycles. The van der Waals surface area contributed by atoms with E-state index in [9.17, 15) is 9.18 Å². The molecule has 0 aromatic heterocycles. The number of allylic oxidation sites excluding steroid dienone is 1. The van der Waals surface area contributed by atoms with E-state index in [-0.39, 0.29) is 12.0 Å². The Hall–Kier alpha value is -1.06. The molecule has 0 bridgehead atoms. The van der Waals surface area contributed by atoms with Crippen LogP contribution in [0.2, 0.25) is 0 Å². The van der Waals surface area contributed by atoms with Gasteiger partial charge in [-0.25, -0.2) is 9.18 Å². The van der Waals surface area contributed by atoms with Crippen molar-refractivity contribution in [2.24, 2.45) is 5.92 Å². The molecule has 18 heavy (non-hydrogen) atoms. The maximum atomic E-state index is 13.8. The zero-order valence-corrected chi connectivity index (χ0v) is 11.2. The van der Waals surface area contributed by atoms with Crippen LogP contribution in [0.25, 0.3) is 0 Å². The molecule has 0 aliphatic carbocycles. The first-order valence-corrected chi connectivity index (χ1v) is 6.85. The van der Waals surface area contributed by atoms with Crippen molar-refractivity contribution in [3.63, 3.8) is 0 Å². The highest BCUT2D eigenvalue weighted by molar-refractivity contribution is 5.67. The van der Waals surface area contributed by atoms with Gasteiger partial charge in [0, 0.05) is 19.0 Å². The largest absolute Gasteiger partial charge is 0.449 e. The number of hydrogen-bond donors (Lipinski definition) is 0. The van der Waals surface area contributed by atoms with E-state index >= 15 is 0 Å². The lowest BCUT2D eigenvalue weighted by Crippen LogP contribution is -2.31. The number of carbonyl (C=O) groups excluding carboxylic acids is 1. The third-order valence-electron chi connectivity index (χ3n) is 3.36. The number of amides is 1. The zero-order valence-electron chi connectivity index (χ0n) is 11.2. The molecule has 1 aliphatic rings. The molecule has 1 amide bonds. The molecule has 1 heterocycles. The Morgan fingerprint density at radius 1 is 1.67 bits per heavy atom. The smallest absolute Gasteiger partial charge is 0.409 e. The van der Waals surface area contributed by atoms with Gasteiger partial charge in [0.15, 0.2) is 0 Å². The molecular formula is C14H24FNO2. The minimum Gasteiger partial charge on any atom is -0.449 e. The molecule has 1 saturated heterocycles. The van der Waals surface area contributed by atoms with Crippen molar-refractivity contribution in [3.05, 3.63) is 12.7 Å². The molecule has 1 rings (SSSR count). The third-order valence-corrected chi connectivity index (χ3v) is 3.36. The standard InChI is InChI=1S/C14H24FNO2/c1-3-5-7-13(15)12-8-9-16(11-12)14(17)18-10-6-4-2/h3,12-13H,1,4-11H2,2H3. The predicted molar refractivity (Wildman–Crippen MR) is 70.3 cm³/mol. The van der Waals surface area contributed by atoms with E-state index in [4.69, 9.17) is 4.74 Å². The molecule has 1 aliphatic heterocycles. The summed E-state index contributed by atoms with van der Waals surface area (Å²) in [6.45, 7) is 7.21. The van der Waals surface area contributed by atoms with Crippen molar-refractivity contribution in [2.45, 2.75) is 45.2 Å². The second-order valence-corrected chi connectivity index (χ2v) is 4.84. The number of likely N-dealkylation sites (tertiary alicyclic amines) is 1. The summed E-state index contributed by atoms with van der Waals surface area (Å²) in [5.74, 6) is -0.0383. The highest BCUT2D eigenvalue weighted by Gasteiger charge is 2.32. The quantitative estimate of drug-likeness (QED) is 0.515. The summed E-state index contributed by atoms with van der Waals surface area (Å²) in [6, 6.07) is 0. The van der Waals surface area contributed by atoms with E-state index in [0.717, 1.165) is 19.3 Å². The molecule has 104 valence electrons. The van der Waals surface area contributed by atoms with Crippen LogP contribution in [0.1, 0.15) is 39.0 Å². The van der Waals surface area contributed by atoms with Crippen molar-refractivity contribution in [1.82, 2.24) is 4.90 Å². The van der Waals surface area contributed by atoms with Crippen molar-refractivity contribution in [3.8, 4) is 0 Å². The van der Waals surface area contributed by atoms with Gasteiger partial charge in [0.25, 0.3) is 0 Å². The van der Waals surface area contributed by atoms with Gasteiger partial charge in [-0.15, -0.1) is 6.58 Å². The monoisotopic (exact) mass is 257 g/mol. The normalized spacial score (nSPS) is 20.8. The van der Waals surface area contributed by atoms with Gasteiger partial charge in [-0.3, -0.25) is 0 Å². The number of rotatable bonds is 7. The summed E-state index contributed by atoms with van der Waals surface area (Å²) in [7, 11) is 0. The lowest BCUT2D eigenvalue weighted by molar-refractivity contribution is 0.105. The topological polar surface area (TPSA) is 29.5 Å². The Morgan fingerprint density at radius 3 is 3.11 bits per heavy atom. The van der Waals surface area contributed by atoms with Crippen molar-refractivity contribution in [1.29, 1.82) is 0 Å². The van der Waals surface area contributed by atoms with E-state index in [2.05, 4.69) is 6.58 Å². The first-order chi connectivity index (χ1) is 8.69. The number of carbonyl (C=O) groups is 1. The lowest BCUT2D eigenvalue weighted by atomic mass is 9.99. The van der Waals surface area contributed by atoms with Gasteiger partial charge in [-0.05, 0) is 25.7 Å². The van der Waals surface area contributed by atoms with Gasteiger partial charge in [0.2, 0.25) is 0 Å². The minimum atomic E-state index is -0.837. The Bertz CT molecular complexity index is 271. The van der Waals surface area contributed by atoms with Crippen LogP contribution in [0.5, 0.6) is 0 Å². The molecular weight excluding hydrogens is 233 g/mol. The molecule has 0 N–H and O–H groups in total. The molecule has 0 aromatic rings. The van der Waals surface area contributed by atoms with Crippen molar-refractivity contribution < 1.29 is 13.9 Å². The molecule has 1 fully saturated rings. The number of ether oxygens (including phenoxy) is 1. The van der Waals surface area contributed by atoms with E-state index < -0.39 is 6.17 Å².